The molecule has 1 amide bonds. The third-order valence-corrected chi connectivity index (χ3v) is 3.37. The van der Waals surface area contributed by atoms with E-state index in [2.05, 4.69) is 26.6 Å². The summed E-state index contributed by atoms with van der Waals surface area (Å²) in [5.41, 5.74) is 2.26. The van der Waals surface area contributed by atoms with Gasteiger partial charge in [0.15, 0.2) is 0 Å². The molecule has 2 rings (SSSR count). The van der Waals surface area contributed by atoms with Gasteiger partial charge in [-0.3, -0.25) is 4.79 Å². The second kappa shape index (κ2) is 4.98. The van der Waals surface area contributed by atoms with Gasteiger partial charge < -0.3 is 10.6 Å². The normalized spacial score (nSPS) is 14.2. The number of hydrogen-bond donors (Lipinski definition) is 2. The lowest BCUT2D eigenvalue weighted by atomic mass is 10.0. The van der Waals surface area contributed by atoms with Crippen LogP contribution in [0.5, 0.6) is 0 Å². The molecule has 17 heavy (non-hydrogen) atoms. The number of amides is 1. The highest BCUT2D eigenvalue weighted by atomic mass is 79.9. The van der Waals surface area contributed by atoms with Crippen molar-refractivity contribution in [2.75, 3.05) is 18.4 Å². The molecule has 3 nitrogen and oxygen atoms in total. The Labute approximate surface area is 107 Å². The van der Waals surface area contributed by atoms with Gasteiger partial charge >= 0.3 is 0 Å². The zero-order chi connectivity index (χ0) is 12.4. The molecule has 0 aliphatic carbocycles. The van der Waals surface area contributed by atoms with E-state index in [1.165, 1.54) is 6.07 Å². The molecule has 2 N–H and O–H groups in total. The minimum atomic E-state index is -0.390. The Bertz CT molecular complexity index is 493. The largest absolute Gasteiger partial charge is 0.322 e. The van der Waals surface area contributed by atoms with Crippen LogP contribution in [-0.4, -0.2) is 19.0 Å². The maximum absolute atomic E-state index is 13.2. The molecule has 1 saturated heterocycles. The van der Waals surface area contributed by atoms with Crippen molar-refractivity contribution in [3.8, 4) is 0 Å². The number of rotatable bonds is 2. The van der Waals surface area contributed by atoms with Gasteiger partial charge in [-0.05, 0) is 46.6 Å². The topological polar surface area (TPSA) is 41.1 Å². The van der Waals surface area contributed by atoms with E-state index in [-0.39, 0.29) is 5.91 Å². The third-order valence-electron chi connectivity index (χ3n) is 2.73. The Hall–Kier alpha value is -1.20. The lowest BCUT2D eigenvalue weighted by Crippen LogP contribution is -2.36. The highest BCUT2D eigenvalue weighted by Crippen LogP contribution is 2.20. The van der Waals surface area contributed by atoms with Gasteiger partial charge in [-0.2, -0.15) is 0 Å². The average Bonchev–Trinajstić information content (AvgIpc) is 2.21. The number of carbonyl (C=O) groups is 1. The van der Waals surface area contributed by atoms with Crippen molar-refractivity contribution in [1.29, 1.82) is 0 Å². The van der Waals surface area contributed by atoms with Crippen molar-refractivity contribution in [2.24, 2.45) is 0 Å². The predicted octanol–water partition coefficient (Wildman–Crippen LogP) is 2.45. The van der Waals surface area contributed by atoms with Gasteiger partial charge in [0.2, 0.25) is 0 Å². The van der Waals surface area contributed by atoms with Crippen LogP contribution in [0.25, 0.3) is 0 Å². The van der Waals surface area contributed by atoms with E-state index in [4.69, 9.17) is 0 Å². The molecule has 1 aromatic carbocycles. The number of anilines is 1. The third kappa shape index (κ3) is 2.73. The maximum Gasteiger partial charge on any atom is 0.251 e. The predicted molar refractivity (Wildman–Crippen MR) is 68.3 cm³/mol. The molecule has 0 radical (unpaired) electrons. The van der Waals surface area contributed by atoms with Gasteiger partial charge in [-0.25, -0.2) is 4.39 Å². The molecule has 5 heteroatoms. The molecule has 1 aliphatic rings. The van der Waals surface area contributed by atoms with Crippen LogP contribution in [0.4, 0.5) is 10.1 Å². The summed E-state index contributed by atoms with van der Waals surface area (Å²) in [6, 6.07) is 4.51. The van der Waals surface area contributed by atoms with Crippen LogP contribution in [0.15, 0.2) is 33.8 Å². The van der Waals surface area contributed by atoms with Crippen LogP contribution in [0.1, 0.15) is 6.92 Å². The van der Waals surface area contributed by atoms with E-state index >= 15 is 0 Å². The van der Waals surface area contributed by atoms with Crippen LogP contribution >= 0.6 is 15.9 Å². The molecule has 0 unspecified atom stereocenters. The molecule has 1 aliphatic heterocycles. The van der Waals surface area contributed by atoms with Crippen molar-refractivity contribution >= 4 is 27.5 Å². The van der Waals surface area contributed by atoms with Crippen LogP contribution in [-0.2, 0) is 4.79 Å². The summed E-state index contributed by atoms with van der Waals surface area (Å²) in [5.74, 6) is -0.568. The number of nitrogens with one attached hydrogen (secondary N) is 2. The first-order valence-corrected chi connectivity index (χ1v) is 6.03. The summed E-state index contributed by atoms with van der Waals surface area (Å²) in [6.07, 6.45) is 0. The van der Waals surface area contributed by atoms with E-state index in [9.17, 15) is 9.18 Å². The van der Waals surface area contributed by atoms with Crippen LogP contribution in [0.2, 0.25) is 0 Å². The fourth-order valence-electron chi connectivity index (χ4n) is 1.47. The SMILES string of the molecule is CC(C(=O)Nc1ccc(Br)c(F)c1)=C1CNC1. The van der Waals surface area contributed by atoms with Crippen molar-refractivity contribution in [3.05, 3.63) is 39.6 Å². The van der Waals surface area contributed by atoms with Crippen molar-refractivity contribution < 1.29 is 9.18 Å². The first kappa shape index (κ1) is 12.3. The quantitative estimate of drug-likeness (QED) is 0.824. The van der Waals surface area contributed by atoms with Gasteiger partial charge in [0.25, 0.3) is 5.91 Å². The summed E-state index contributed by atoms with van der Waals surface area (Å²) in [7, 11) is 0. The molecular weight excluding hydrogens is 287 g/mol. The van der Waals surface area contributed by atoms with Crippen LogP contribution in [0.3, 0.4) is 0 Å². The van der Waals surface area contributed by atoms with Gasteiger partial charge in [-0.1, -0.05) is 0 Å². The first-order chi connectivity index (χ1) is 8.08. The fraction of sp³-hybridized carbons (Fsp3) is 0.250. The lowest BCUT2D eigenvalue weighted by molar-refractivity contribution is -0.112. The summed E-state index contributed by atoms with van der Waals surface area (Å²) in [4.78, 5) is 11.8. The maximum atomic E-state index is 13.2. The van der Waals surface area contributed by atoms with Crippen LogP contribution in [0, 0.1) is 5.82 Å². The minimum absolute atomic E-state index is 0.178. The fourth-order valence-corrected chi connectivity index (χ4v) is 1.72. The Balaban J connectivity index is 2.10. The van der Waals surface area contributed by atoms with E-state index in [1.807, 2.05) is 0 Å². The van der Waals surface area contributed by atoms with E-state index in [0.29, 0.717) is 15.7 Å². The Kier molecular flexibility index (Phi) is 3.59. The molecule has 0 bridgehead atoms. The van der Waals surface area contributed by atoms with Crippen molar-refractivity contribution in [2.45, 2.75) is 6.92 Å². The molecule has 90 valence electrons. The second-order valence-electron chi connectivity index (χ2n) is 3.92. The first-order valence-electron chi connectivity index (χ1n) is 5.23. The van der Waals surface area contributed by atoms with E-state index in [0.717, 1.165) is 18.7 Å². The summed E-state index contributed by atoms with van der Waals surface area (Å²) in [6.45, 7) is 3.29. The standard InChI is InChI=1S/C12H12BrFN2O/c1-7(8-5-15-6-8)12(17)16-9-2-3-10(13)11(14)4-9/h2-4,15H,5-6H2,1H3,(H,16,17). The number of halogens is 2. The highest BCUT2D eigenvalue weighted by molar-refractivity contribution is 9.10. The molecule has 0 saturated carbocycles. The number of benzene rings is 1. The summed E-state index contributed by atoms with van der Waals surface area (Å²) >= 11 is 3.06. The molecule has 0 atom stereocenters. The van der Waals surface area contributed by atoms with Crippen molar-refractivity contribution in [3.63, 3.8) is 0 Å². The zero-order valence-corrected chi connectivity index (χ0v) is 10.9. The van der Waals surface area contributed by atoms with Gasteiger partial charge in [0, 0.05) is 24.4 Å². The average molecular weight is 299 g/mol. The van der Waals surface area contributed by atoms with Crippen molar-refractivity contribution in [1.82, 2.24) is 5.32 Å². The molecule has 0 aromatic heterocycles. The smallest absolute Gasteiger partial charge is 0.251 e. The molecular formula is C12H12BrFN2O. The van der Waals surface area contributed by atoms with Gasteiger partial charge in [0.05, 0.1) is 4.47 Å². The monoisotopic (exact) mass is 298 g/mol. The lowest BCUT2D eigenvalue weighted by Gasteiger charge is -2.21. The Morgan fingerprint density at radius 3 is 2.71 bits per heavy atom. The molecule has 1 heterocycles. The second-order valence-corrected chi connectivity index (χ2v) is 4.77. The highest BCUT2D eigenvalue weighted by Gasteiger charge is 2.16. The summed E-state index contributed by atoms with van der Waals surface area (Å²) in [5, 5.41) is 5.75. The summed E-state index contributed by atoms with van der Waals surface area (Å²) < 4.78 is 13.6. The Morgan fingerprint density at radius 2 is 2.18 bits per heavy atom. The van der Waals surface area contributed by atoms with Gasteiger partial charge in [-0.15, -0.1) is 0 Å². The van der Waals surface area contributed by atoms with E-state index in [1.54, 1.807) is 19.1 Å². The van der Waals surface area contributed by atoms with E-state index < -0.39 is 5.82 Å². The molecule has 1 fully saturated rings. The minimum Gasteiger partial charge on any atom is -0.322 e. The molecule has 1 aromatic rings. The number of hydrogen-bond acceptors (Lipinski definition) is 2. The van der Waals surface area contributed by atoms with Crippen LogP contribution < -0.4 is 10.6 Å². The Morgan fingerprint density at radius 1 is 1.47 bits per heavy atom. The van der Waals surface area contributed by atoms with Gasteiger partial charge in [0.1, 0.15) is 5.82 Å². The number of carbonyl (C=O) groups excluding carboxylic acids is 1. The molecule has 0 spiro atoms. The zero-order valence-electron chi connectivity index (χ0n) is 9.31.